The van der Waals surface area contributed by atoms with E-state index in [2.05, 4.69) is 25.4 Å². The monoisotopic (exact) mass is 212 g/mol. The van der Waals surface area contributed by atoms with Gasteiger partial charge in [-0.2, -0.15) is 0 Å². The molecule has 15 heavy (non-hydrogen) atoms. The molecule has 2 atom stereocenters. The van der Waals surface area contributed by atoms with Gasteiger partial charge in [0.25, 0.3) is 0 Å². The lowest BCUT2D eigenvalue weighted by Gasteiger charge is -2.13. The molecule has 0 aliphatic heterocycles. The fourth-order valence-electron chi connectivity index (χ4n) is 0.914. The molecule has 0 aromatic carbocycles. The first-order chi connectivity index (χ1) is 6.82. The predicted molar refractivity (Wildman–Crippen MR) is 64.5 cm³/mol. The molecular formula is C12H21FN2. The fraction of sp³-hybridized carbons (Fsp3) is 0.583. The molecule has 0 aliphatic carbocycles. The summed E-state index contributed by atoms with van der Waals surface area (Å²) in [5.74, 6) is -1.47. The van der Waals surface area contributed by atoms with Crippen molar-refractivity contribution in [1.82, 2.24) is 0 Å². The minimum absolute atomic E-state index is 0.269. The summed E-state index contributed by atoms with van der Waals surface area (Å²) in [6.07, 6.45) is 4.39. The Balaban J connectivity index is 4.81. The average molecular weight is 212 g/mol. The van der Waals surface area contributed by atoms with Crippen LogP contribution in [0.1, 0.15) is 34.1 Å². The van der Waals surface area contributed by atoms with E-state index in [9.17, 15) is 4.39 Å². The van der Waals surface area contributed by atoms with Crippen molar-refractivity contribution in [1.29, 1.82) is 0 Å². The number of nitrogens with two attached hydrogens (primary N) is 1. The maximum Gasteiger partial charge on any atom is 0.194 e. The topological polar surface area (TPSA) is 38.4 Å². The lowest BCUT2D eigenvalue weighted by molar-refractivity contribution is 0.294. The molecule has 2 nitrogen and oxygen atoms in total. The SMILES string of the molecule is C=C/C(=C\N=C(C)C(C)(N)F)[C@H](C)CC. The Hall–Kier alpha value is -0.960. The smallest absolute Gasteiger partial charge is 0.194 e. The normalized spacial score (nSPS) is 19.6. The number of allylic oxidation sites excluding steroid dienone is 2. The van der Waals surface area contributed by atoms with Crippen molar-refractivity contribution < 1.29 is 4.39 Å². The Labute approximate surface area is 91.8 Å². The lowest BCUT2D eigenvalue weighted by atomic mass is 10.00. The molecule has 0 rings (SSSR count). The largest absolute Gasteiger partial charge is 0.295 e. The van der Waals surface area contributed by atoms with Gasteiger partial charge >= 0.3 is 0 Å². The van der Waals surface area contributed by atoms with Crippen LogP contribution in [0.2, 0.25) is 0 Å². The summed E-state index contributed by atoms with van der Waals surface area (Å²) in [6, 6.07) is 0. The van der Waals surface area contributed by atoms with E-state index in [4.69, 9.17) is 5.73 Å². The molecule has 0 saturated heterocycles. The zero-order valence-corrected chi connectivity index (χ0v) is 10.0. The van der Waals surface area contributed by atoms with Crippen molar-refractivity contribution in [3.05, 3.63) is 24.4 Å². The van der Waals surface area contributed by atoms with E-state index in [1.807, 2.05) is 0 Å². The first-order valence-electron chi connectivity index (χ1n) is 5.18. The highest BCUT2D eigenvalue weighted by Crippen LogP contribution is 2.15. The molecule has 1 unspecified atom stereocenters. The lowest BCUT2D eigenvalue weighted by Crippen LogP contribution is -2.38. The summed E-state index contributed by atoms with van der Waals surface area (Å²) in [5, 5.41) is 0. The molecular weight excluding hydrogens is 191 g/mol. The van der Waals surface area contributed by atoms with Gasteiger partial charge in [-0.05, 0) is 31.8 Å². The summed E-state index contributed by atoms with van der Waals surface area (Å²) < 4.78 is 13.2. The van der Waals surface area contributed by atoms with Crippen LogP contribution in [0.25, 0.3) is 0 Å². The maximum absolute atomic E-state index is 13.2. The third-order valence-electron chi connectivity index (χ3n) is 2.53. The Kier molecular flexibility index (Phi) is 5.44. The van der Waals surface area contributed by atoms with E-state index in [0.29, 0.717) is 5.92 Å². The van der Waals surface area contributed by atoms with Crippen molar-refractivity contribution in [3.8, 4) is 0 Å². The number of halogens is 1. The second-order valence-electron chi connectivity index (χ2n) is 3.93. The number of nitrogens with zero attached hydrogens (tertiary/aromatic N) is 1. The molecule has 2 N–H and O–H groups in total. The first-order valence-corrected chi connectivity index (χ1v) is 5.18. The minimum Gasteiger partial charge on any atom is -0.295 e. The van der Waals surface area contributed by atoms with Gasteiger partial charge in [-0.15, -0.1) is 0 Å². The number of hydrogen-bond donors (Lipinski definition) is 1. The van der Waals surface area contributed by atoms with Crippen molar-refractivity contribution in [2.45, 2.75) is 39.9 Å². The molecule has 0 aromatic rings. The van der Waals surface area contributed by atoms with Crippen LogP contribution in [0.15, 0.2) is 29.4 Å². The summed E-state index contributed by atoms with van der Waals surface area (Å²) in [5.41, 5.74) is 6.53. The number of alkyl halides is 1. The zero-order chi connectivity index (χ0) is 12.1. The summed E-state index contributed by atoms with van der Waals surface area (Å²) in [6.45, 7) is 10.7. The van der Waals surface area contributed by atoms with Gasteiger partial charge in [-0.3, -0.25) is 10.7 Å². The van der Waals surface area contributed by atoms with Gasteiger partial charge in [0, 0.05) is 6.20 Å². The molecule has 0 spiro atoms. The van der Waals surface area contributed by atoms with E-state index in [-0.39, 0.29) is 5.71 Å². The summed E-state index contributed by atoms with van der Waals surface area (Å²) in [7, 11) is 0. The maximum atomic E-state index is 13.2. The number of aliphatic imine (C=N–C) groups is 1. The highest BCUT2D eigenvalue weighted by molar-refractivity contribution is 5.89. The van der Waals surface area contributed by atoms with Crippen molar-refractivity contribution in [3.63, 3.8) is 0 Å². The number of rotatable bonds is 5. The first kappa shape index (κ1) is 14.0. The van der Waals surface area contributed by atoms with Crippen LogP contribution in [-0.4, -0.2) is 11.5 Å². The van der Waals surface area contributed by atoms with Crippen molar-refractivity contribution in [2.24, 2.45) is 16.6 Å². The van der Waals surface area contributed by atoms with Gasteiger partial charge < -0.3 is 0 Å². The van der Waals surface area contributed by atoms with E-state index < -0.39 is 5.79 Å². The molecule has 0 aromatic heterocycles. The molecule has 3 heteroatoms. The quantitative estimate of drug-likeness (QED) is 0.424. The van der Waals surface area contributed by atoms with Crippen LogP contribution >= 0.6 is 0 Å². The minimum atomic E-state index is -1.85. The van der Waals surface area contributed by atoms with Crippen LogP contribution in [0, 0.1) is 5.92 Å². The number of hydrogen-bond acceptors (Lipinski definition) is 2. The second-order valence-corrected chi connectivity index (χ2v) is 3.93. The third-order valence-corrected chi connectivity index (χ3v) is 2.53. The van der Waals surface area contributed by atoms with Crippen LogP contribution in [0.5, 0.6) is 0 Å². The van der Waals surface area contributed by atoms with Gasteiger partial charge in [0.1, 0.15) is 0 Å². The van der Waals surface area contributed by atoms with Crippen LogP contribution in [0.3, 0.4) is 0 Å². The highest BCUT2D eigenvalue weighted by atomic mass is 19.1. The Morgan fingerprint density at radius 2 is 2.20 bits per heavy atom. The van der Waals surface area contributed by atoms with Crippen molar-refractivity contribution >= 4 is 5.71 Å². The summed E-state index contributed by atoms with van der Waals surface area (Å²) >= 11 is 0. The molecule has 0 bridgehead atoms. The van der Waals surface area contributed by atoms with Gasteiger partial charge in [0.15, 0.2) is 5.79 Å². The molecule has 86 valence electrons. The Morgan fingerprint density at radius 1 is 1.67 bits per heavy atom. The molecule has 0 radical (unpaired) electrons. The average Bonchev–Trinajstić information content (AvgIpc) is 2.16. The van der Waals surface area contributed by atoms with Crippen LogP contribution in [0.4, 0.5) is 4.39 Å². The predicted octanol–water partition coefficient (Wildman–Crippen LogP) is 3.21. The molecule has 0 heterocycles. The van der Waals surface area contributed by atoms with Crippen molar-refractivity contribution in [2.75, 3.05) is 0 Å². The second kappa shape index (κ2) is 5.81. The zero-order valence-electron chi connectivity index (χ0n) is 10.0. The fourth-order valence-corrected chi connectivity index (χ4v) is 0.914. The summed E-state index contributed by atoms with van der Waals surface area (Å²) in [4.78, 5) is 4.02. The van der Waals surface area contributed by atoms with E-state index in [1.165, 1.54) is 6.92 Å². The molecule has 0 aliphatic rings. The Morgan fingerprint density at radius 3 is 2.53 bits per heavy atom. The molecule has 0 fully saturated rings. The van der Waals surface area contributed by atoms with Crippen LogP contribution in [-0.2, 0) is 0 Å². The van der Waals surface area contributed by atoms with Gasteiger partial charge in [0.05, 0.1) is 5.71 Å². The standard InChI is InChI=1S/C12H21FN2/c1-6-9(3)11(7-2)8-15-10(4)12(5,13)14/h7-9H,2,6,14H2,1,3-5H3/b11-8+,15-10?/t9-,12?/m1/s1. The third kappa shape index (κ3) is 4.88. The van der Waals surface area contributed by atoms with E-state index in [1.54, 1.807) is 19.2 Å². The molecule has 0 amide bonds. The van der Waals surface area contributed by atoms with Gasteiger partial charge in [-0.1, -0.05) is 26.5 Å². The van der Waals surface area contributed by atoms with Gasteiger partial charge in [-0.25, -0.2) is 4.39 Å². The van der Waals surface area contributed by atoms with Crippen LogP contribution < -0.4 is 5.73 Å². The highest BCUT2D eigenvalue weighted by Gasteiger charge is 2.19. The Bertz CT molecular complexity index is 272. The van der Waals surface area contributed by atoms with E-state index >= 15 is 0 Å². The van der Waals surface area contributed by atoms with E-state index in [0.717, 1.165) is 12.0 Å². The van der Waals surface area contributed by atoms with Gasteiger partial charge in [0.2, 0.25) is 0 Å². The molecule has 0 saturated carbocycles.